The molecule has 0 N–H and O–H groups in total. The number of oxazole rings is 1. The van der Waals surface area contributed by atoms with Crippen molar-refractivity contribution in [3.8, 4) is 0 Å². The summed E-state index contributed by atoms with van der Waals surface area (Å²) in [6, 6.07) is 12.7. The summed E-state index contributed by atoms with van der Waals surface area (Å²) in [5.74, 6) is 0.382. The number of hydrogen-bond donors (Lipinski definition) is 0. The van der Waals surface area contributed by atoms with Crippen molar-refractivity contribution < 1.29 is 9.21 Å². The minimum absolute atomic E-state index is 0.0449. The Kier molecular flexibility index (Phi) is 3.28. The molecule has 0 aliphatic carbocycles. The number of ketones is 1. The maximum Gasteiger partial charge on any atom is 0.203 e. The summed E-state index contributed by atoms with van der Waals surface area (Å²) in [7, 11) is 0. The topological polar surface area (TPSA) is 43.1 Å². The molecule has 2 aromatic carbocycles. The minimum Gasteiger partial charge on any atom is -0.440 e. The van der Waals surface area contributed by atoms with Gasteiger partial charge in [-0.05, 0) is 36.8 Å². The predicted molar refractivity (Wildman–Crippen MR) is 78.2 cm³/mol. The Morgan fingerprint density at radius 2 is 2.05 bits per heavy atom. The second-order valence-electron chi connectivity index (χ2n) is 4.63. The van der Waals surface area contributed by atoms with Crippen LogP contribution in [0.15, 0.2) is 46.9 Å². The zero-order valence-corrected chi connectivity index (χ0v) is 11.6. The van der Waals surface area contributed by atoms with Crippen LogP contribution in [0.3, 0.4) is 0 Å². The third-order valence-corrected chi connectivity index (χ3v) is 3.39. The normalized spacial score (nSPS) is 10.9. The summed E-state index contributed by atoms with van der Waals surface area (Å²) in [4.78, 5) is 16.6. The quantitative estimate of drug-likeness (QED) is 0.677. The molecule has 1 aromatic heterocycles. The van der Waals surface area contributed by atoms with Crippen LogP contribution in [0.25, 0.3) is 11.1 Å². The van der Waals surface area contributed by atoms with Gasteiger partial charge in [0.2, 0.25) is 5.89 Å². The van der Waals surface area contributed by atoms with Crippen molar-refractivity contribution in [2.75, 3.05) is 0 Å². The molecule has 0 saturated carbocycles. The van der Waals surface area contributed by atoms with Gasteiger partial charge in [-0.15, -0.1) is 0 Å². The molecule has 0 amide bonds. The fourth-order valence-corrected chi connectivity index (χ4v) is 2.29. The van der Waals surface area contributed by atoms with Crippen LogP contribution in [-0.4, -0.2) is 10.8 Å². The van der Waals surface area contributed by atoms with Gasteiger partial charge in [-0.3, -0.25) is 4.79 Å². The van der Waals surface area contributed by atoms with Gasteiger partial charge in [-0.2, -0.15) is 0 Å². The molecule has 0 bridgehead atoms. The average Bonchev–Trinajstić information content (AvgIpc) is 2.83. The molecular weight excluding hydrogens is 274 g/mol. The first-order chi connectivity index (χ1) is 9.63. The monoisotopic (exact) mass is 285 g/mol. The smallest absolute Gasteiger partial charge is 0.203 e. The van der Waals surface area contributed by atoms with Crippen LogP contribution in [0, 0.1) is 6.92 Å². The number of aryl methyl sites for hydroxylation is 1. The van der Waals surface area contributed by atoms with Crippen molar-refractivity contribution in [2.24, 2.45) is 0 Å². The molecular formula is C16H12ClNO2. The van der Waals surface area contributed by atoms with Crippen LogP contribution in [0.2, 0.25) is 5.02 Å². The van der Waals surface area contributed by atoms with Crippen LogP contribution >= 0.6 is 11.6 Å². The highest BCUT2D eigenvalue weighted by Gasteiger charge is 2.14. The van der Waals surface area contributed by atoms with Gasteiger partial charge in [0.25, 0.3) is 0 Å². The molecule has 0 spiro atoms. The van der Waals surface area contributed by atoms with E-state index in [1.807, 2.05) is 37.3 Å². The van der Waals surface area contributed by atoms with E-state index in [9.17, 15) is 4.79 Å². The summed E-state index contributed by atoms with van der Waals surface area (Å²) >= 11 is 5.94. The Hall–Kier alpha value is -2.13. The molecule has 20 heavy (non-hydrogen) atoms. The Bertz CT molecular complexity index is 759. The molecule has 0 aliphatic rings. The second kappa shape index (κ2) is 5.10. The van der Waals surface area contributed by atoms with Crippen LogP contribution in [0.1, 0.15) is 21.8 Å². The molecule has 0 aliphatic heterocycles. The molecule has 3 nitrogen and oxygen atoms in total. The third kappa shape index (κ3) is 2.45. The fourth-order valence-electron chi connectivity index (χ4n) is 2.12. The number of para-hydroxylation sites is 2. The van der Waals surface area contributed by atoms with Crippen molar-refractivity contribution in [1.29, 1.82) is 0 Å². The fraction of sp³-hybridized carbons (Fsp3) is 0.125. The van der Waals surface area contributed by atoms with Gasteiger partial charge in [0, 0.05) is 10.6 Å². The lowest BCUT2D eigenvalue weighted by Gasteiger charge is -2.03. The average molecular weight is 286 g/mol. The Labute approximate surface area is 121 Å². The van der Waals surface area contributed by atoms with Crippen molar-refractivity contribution in [3.05, 3.63) is 64.5 Å². The van der Waals surface area contributed by atoms with Crippen LogP contribution < -0.4 is 0 Å². The number of halogens is 1. The van der Waals surface area contributed by atoms with Crippen LogP contribution in [-0.2, 0) is 6.42 Å². The third-order valence-electron chi connectivity index (χ3n) is 3.15. The van der Waals surface area contributed by atoms with E-state index in [0.29, 0.717) is 22.1 Å². The largest absolute Gasteiger partial charge is 0.440 e. The van der Waals surface area contributed by atoms with Gasteiger partial charge >= 0.3 is 0 Å². The van der Waals surface area contributed by atoms with E-state index in [4.69, 9.17) is 16.0 Å². The number of nitrogens with zero attached hydrogens (tertiary/aromatic N) is 1. The van der Waals surface area contributed by atoms with Crippen LogP contribution in [0.5, 0.6) is 0 Å². The van der Waals surface area contributed by atoms with E-state index in [-0.39, 0.29) is 12.2 Å². The first-order valence-electron chi connectivity index (χ1n) is 6.27. The summed E-state index contributed by atoms with van der Waals surface area (Å²) in [6.07, 6.45) is 0.135. The van der Waals surface area contributed by atoms with E-state index >= 15 is 0 Å². The van der Waals surface area contributed by atoms with Crippen molar-refractivity contribution in [1.82, 2.24) is 4.98 Å². The van der Waals surface area contributed by atoms with E-state index in [2.05, 4.69) is 4.98 Å². The molecule has 0 fully saturated rings. The maximum atomic E-state index is 12.3. The van der Waals surface area contributed by atoms with Crippen LogP contribution in [0.4, 0.5) is 0 Å². The molecule has 3 rings (SSSR count). The number of hydrogen-bond acceptors (Lipinski definition) is 3. The molecule has 1 heterocycles. The van der Waals surface area contributed by atoms with Gasteiger partial charge in [0.15, 0.2) is 11.4 Å². The number of fused-ring (bicyclic) bond motifs is 1. The molecule has 0 unspecified atom stereocenters. The van der Waals surface area contributed by atoms with E-state index in [0.717, 1.165) is 11.1 Å². The van der Waals surface area contributed by atoms with Gasteiger partial charge in [-0.25, -0.2) is 4.98 Å². The SMILES string of the molecule is Cc1ccc(Cl)cc1C(=O)Cc1nc2ccccc2o1. The molecule has 3 aromatic rings. The number of rotatable bonds is 3. The summed E-state index contributed by atoms with van der Waals surface area (Å²) in [6.45, 7) is 1.88. The lowest BCUT2D eigenvalue weighted by Crippen LogP contribution is -2.05. The first-order valence-corrected chi connectivity index (χ1v) is 6.65. The minimum atomic E-state index is -0.0449. The Morgan fingerprint density at radius 1 is 1.25 bits per heavy atom. The summed E-state index contributed by atoms with van der Waals surface area (Å²) < 4.78 is 5.57. The Balaban J connectivity index is 1.90. The maximum absolute atomic E-state index is 12.3. The zero-order chi connectivity index (χ0) is 14.1. The highest BCUT2D eigenvalue weighted by molar-refractivity contribution is 6.31. The predicted octanol–water partition coefficient (Wildman–Crippen LogP) is 4.22. The number of Topliss-reactive ketones (excluding diaryl/α,β-unsaturated/α-hetero) is 1. The highest BCUT2D eigenvalue weighted by Crippen LogP contribution is 2.19. The molecule has 100 valence electrons. The van der Waals surface area contributed by atoms with Gasteiger partial charge in [0.05, 0.1) is 6.42 Å². The lowest BCUT2D eigenvalue weighted by molar-refractivity contribution is 0.0985. The van der Waals surface area contributed by atoms with E-state index in [1.165, 1.54) is 0 Å². The first kappa shape index (κ1) is 12.9. The van der Waals surface area contributed by atoms with Gasteiger partial charge in [-0.1, -0.05) is 29.8 Å². The second-order valence-corrected chi connectivity index (χ2v) is 5.07. The van der Waals surface area contributed by atoms with Crippen molar-refractivity contribution in [2.45, 2.75) is 13.3 Å². The van der Waals surface area contributed by atoms with E-state index < -0.39 is 0 Å². The molecule has 4 heteroatoms. The molecule has 0 saturated heterocycles. The number of benzene rings is 2. The zero-order valence-electron chi connectivity index (χ0n) is 10.9. The van der Waals surface area contributed by atoms with Gasteiger partial charge < -0.3 is 4.42 Å². The lowest BCUT2D eigenvalue weighted by atomic mass is 10.0. The number of aromatic nitrogens is 1. The van der Waals surface area contributed by atoms with Crippen molar-refractivity contribution in [3.63, 3.8) is 0 Å². The molecule has 0 radical (unpaired) electrons. The summed E-state index contributed by atoms with van der Waals surface area (Å²) in [5, 5.41) is 0.552. The number of carbonyl (C=O) groups is 1. The molecule has 0 atom stereocenters. The Morgan fingerprint density at radius 3 is 2.85 bits per heavy atom. The van der Waals surface area contributed by atoms with Crippen molar-refractivity contribution >= 4 is 28.5 Å². The van der Waals surface area contributed by atoms with E-state index in [1.54, 1.807) is 12.1 Å². The standard InChI is InChI=1S/C16H12ClNO2/c1-10-6-7-11(17)8-12(10)14(19)9-16-18-13-4-2-3-5-15(13)20-16/h2-8H,9H2,1H3. The highest BCUT2D eigenvalue weighted by atomic mass is 35.5. The summed E-state index contributed by atoms with van der Waals surface area (Å²) in [5.41, 5.74) is 2.96. The number of carbonyl (C=O) groups excluding carboxylic acids is 1. The van der Waals surface area contributed by atoms with Gasteiger partial charge in [0.1, 0.15) is 5.52 Å².